The number of aryl methyl sites for hydroxylation is 1. The number of hydrogen-bond acceptors (Lipinski definition) is 5. The van der Waals surface area contributed by atoms with Gasteiger partial charge in [-0.1, -0.05) is 5.21 Å². The first kappa shape index (κ1) is 12.6. The molecular weight excluding hydrogens is 210 g/mol. The predicted octanol–water partition coefficient (Wildman–Crippen LogP) is 0.504. The number of unbranched alkanes of at least 4 members (excludes halogenated alkanes) is 1. The maximum absolute atomic E-state index is 11.0. The van der Waals surface area contributed by atoms with Crippen LogP contribution >= 0.6 is 0 Å². The van der Waals surface area contributed by atoms with E-state index in [2.05, 4.69) is 10.3 Å². The van der Waals surface area contributed by atoms with Gasteiger partial charge in [0.25, 0.3) is 0 Å². The molecule has 0 aromatic carbocycles. The fraction of sp³-hybridized carbons (Fsp3) is 0.700. The van der Waals surface area contributed by atoms with Gasteiger partial charge in [-0.15, -0.1) is 5.10 Å². The molecule has 90 valence electrons. The molecule has 1 N–H and O–H groups in total. The van der Waals surface area contributed by atoms with Crippen LogP contribution in [0.5, 0.6) is 0 Å². The molecule has 1 rings (SSSR count). The average molecular weight is 227 g/mol. The van der Waals surface area contributed by atoms with Crippen molar-refractivity contribution < 1.29 is 14.6 Å². The van der Waals surface area contributed by atoms with E-state index in [1.54, 1.807) is 17.8 Å². The molecule has 1 heterocycles. The number of aromatic nitrogens is 3. The molecule has 0 fully saturated rings. The minimum atomic E-state index is -0.155. The number of aliphatic hydroxyl groups is 1. The molecule has 0 bridgehead atoms. The van der Waals surface area contributed by atoms with Gasteiger partial charge in [0.1, 0.15) is 5.69 Å². The van der Waals surface area contributed by atoms with Crippen LogP contribution in [0.1, 0.15) is 31.9 Å². The van der Waals surface area contributed by atoms with Crippen LogP contribution in [0.2, 0.25) is 0 Å². The zero-order valence-corrected chi connectivity index (χ0v) is 9.43. The van der Waals surface area contributed by atoms with Crippen molar-refractivity contribution in [2.24, 2.45) is 0 Å². The largest absolute Gasteiger partial charge is 0.466 e. The monoisotopic (exact) mass is 227 g/mol. The minimum Gasteiger partial charge on any atom is -0.466 e. The van der Waals surface area contributed by atoms with Gasteiger partial charge < -0.3 is 9.84 Å². The van der Waals surface area contributed by atoms with Crippen molar-refractivity contribution in [1.82, 2.24) is 15.0 Å². The number of esters is 1. The highest BCUT2D eigenvalue weighted by Crippen LogP contribution is 2.01. The SMILES string of the molecule is CCOC(=O)CCCCn1cc(CO)nn1. The third kappa shape index (κ3) is 4.39. The number of ether oxygens (including phenoxy) is 1. The Bertz CT molecular complexity index is 325. The summed E-state index contributed by atoms with van der Waals surface area (Å²) in [7, 11) is 0. The Hall–Kier alpha value is -1.43. The van der Waals surface area contributed by atoms with Crippen LogP contribution in [0.25, 0.3) is 0 Å². The second-order valence-electron chi connectivity index (χ2n) is 3.39. The van der Waals surface area contributed by atoms with Gasteiger partial charge in [-0.05, 0) is 19.8 Å². The van der Waals surface area contributed by atoms with Gasteiger partial charge in [-0.25, -0.2) is 0 Å². The molecule has 1 aromatic heterocycles. The van der Waals surface area contributed by atoms with Gasteiger partial charge in [0.15, 0.2) is 0 Å². The Morgan fingerprint density at radius 2 is 2.38 bits per heavy atom. The van der Waals surface area contributed by atoms with Crippen LogP contribution in [0, 0.1) is 0 Å². The zero-order valence-electron chi connectivity index (χ0n) is 9.43. The van der Waals surface area contributed by atoms with Crippen molar-refractivity contribution in [1.29, 1.82) is 0 Å². The van der Waals surface area contributed by atoms with E-state index in [0.717, 1.165) is 12.8 Å². The molecule has 0 saturated heterocycles. The van der Waals surface area contributed by atoms with Crippen molar-refractivity contribution >= 4 is 5.97 Å². The number of rotatable bonds is 7. The summed E-state index contributed by atoms with van der Waals surface area (Å²) in [4.78, 5) is 11.0. The molecule has 16 heavy (non-hydrogen) atoms. The van der Waals surface area contributed by atoms with Crippen LogP contribution in [-0.4, -0.2) is 32.7 Å². The fourth-order valence-electron chi connectivity index (χ4n) is 1.30. The maximum Gasteiger partial charge on any atom is 0.305 e. The second kappa shape index (κ2) is 6.95. The molecule has 0 saturated carbocycles. The topological polar surface area (TPSA) is 77.2 Å². The predicted molar refractivity (Wildman–Crippen MR) is 56.4 cm³/mol. The second-order valence-corrected chi connectivity index (χ2v) is 3.39. The van der Waals surface area contributed by atoms with E-state index >= 15 is 0 Å². The first-order valence-electron chi connectivity index (χ1n) is 5.41. The average Bonchev–Trinajstić information content (AvgIpc) is 2.73. The molecular formula is C10H17N3O3. The van der Waals surface area contributed by atoms with E-state index in [1.807, 2.05) is 0 Å². The molecule has 1 aromatic rings. The van der Waals surface area contributed by atoms with E-state index in [0.29, 0.717) is 25.3 Å². The van der Waals surface area contributed by atoms with Gasteiger partial charge in [0.2, 0.25) is 0 Å². The highest BCUT2D eigenvalue weighted by atomic mass is 16.5. The molecule has 6 nitrogen and oxygen atoms in total. The van der Waals surface area contributed by atoms with Crippen LogP contribution in [-0.2, 0) is 22.7 Å². The molecule has 0 radical (unpaired) electrons. The Balaban J connectivity index is 2.13. The Morgan fingerprint density at radius 3 is 3.00 bits per heavy atom. The number of aliphatic hydroxyl groups excluding tert-OH is 1. The summed E-state index contributed by atoms with van der Waals surface area (Å²) in [6.07, 6.45) is 3.75. The molecule has 0 aliphatic carbocycles. The van der Waals surface area contributed by atoms with Crippen LogP contribution in [0.3, 0.4) is 0 Å². The van der Waals surface area contributed by atoms with Gasteiger partial charge in [0, 0.05) is 13.0 Å². The normalized spacial score (nSPS) is 10.4. The van der Waals surface area contributed by atoms with Crippen molar-refractivity contribution in [3.63, 3.8) is 0 Å². The van der Waals surface area contributed by atoms with Crippen LogP contribution in [0.4, 0.5) is 0 Å². The molecule has 0 aliphatic heterocycles. The van der Waals surface area contributed by atoms with Crippen molar-refractivity contribution in [2.75, 3.05) is 6.61 Å². The summed E-state index contributed by atoms with van der Waals surface area (Å²) >= 11 is 0. The molecule has 6 heteroatoms. The fourth-order valence-corrected chi connectivity index (χ4v) is 1.30. The summed E-state index contributed by atoms with van der Waals surface area (Å²) in [5.74, 6) is -0.155. The highest BCUT2D eigenvalue weighted by Gasteiger charge is 2.02. The van der Waals surface area contributed by atoms with Crippen LogP contribution in [0.15, 0.2) is 6.20 Å². The maximum atomic E-state index is 11.0. The number of carbonyl (C=O) groups excluding carboxylic acids is 1. The lowest BCUT2D eigenvalue weighted by molar-refractivity contribution is -0.143. The first-order chi connectivity index (χ1) is 7.76. The van der Waals surface area contributed by atoms with E-state index in [4.69, 9.17) is 9.84 Å². The quantitative estimate of drug-likeness (QED) is 0.542. The number of carbonyl (C=O) groups is 1. The number of hydrogen-bond donors (Lipinski definition) is 1. The smallest absolute Gasteiger partial charge is 0.305 e. The van der Waals surface area contributed by atoms with E-state index in [1.165, 1.54) is 0 Å². The van der Waals surface area contributed by atoms with E-state index in [9.17, 15) is 4.79 Å². The summed E-state index contributed by atoms with van der Waals surface area (Å²) in [5.41, 5.74) is 0.561. The molecule has 0 atom stereocenters. The lowest BCUT2D eigenvalue weighted by Gasteiger charge is -2.01. The summed E-state index contributed by atoms with van der Waals surface area (Å²) in [5, 5.41) is 16.4. The van der Waals surface area contributed by atoms with Gasteiger partial charge >= 0.3 is 5.97 Å². The lowest BCUT2D eigenvalue weighted by Crippen LogP contribution is -2.05. The standard InChI is InChI=1S/C10H17N3O3/c1-2-16-10(15)5-3-4-6-13-7-9(8-14)11-12-13/h7,14H,2-6,8H2,1H3. The molecule has 0 spiro atoms. The third-order valence-electron chi connectivity index (χ3n) is 2.07. The molecule has 0 unspecified atom stereocenters. The van der Waals surface area contributed by atoms with Crippen molar-refractivity contribution in [3.8, 4) is 0 Å². The lowest BCUT2D eigenvalue weighted by atomic mass is 10.2. The van der Waals surface area contributed by atoms with Crippen molar-refractivity contribution in [2.45, 2.75) is 39.3 Å². The Kier molecular flexibility index (Phi) is 5.49. The molecule has 0 aliphatic rings. The molecule has 0 amide bonds. The van der Waals surface area contributed by atoms with Gasteiger partial charge in [-0.2, -0.15) is 0 Å². The minimum absolute atomic E-state index is 0.0944. The van der Waals surface area contributed by atoms with Crippen LogP contribution < -0.4 is 0 Å². The Morgan fingerprint density at radius 1 is 1.56 bits per heavy atom. The van der Waals surface area contributed by atoms with Gasteiger partial charge in [-0.3, -0.25) is 9.48 Å². The third-order valence-corrected chi connectivity index (χ3v) is 2.07. The zero-order chi connectivity index (χ0) is 11.8. The summed E-state index contributed by atoms with van der Waals surface area (Å²) < 4.78 is 6.47. The van der Waals surface area contributed by atoms with Crippen molar-refractivity contribution in [3.05, 3.63) is 11.9 Å². The van der Waals surface area contributed by atoms with E-state index in [-0.39, 0.29) is 12.6 Å². The van der Waals surface area contributed by atoms with E-state index < -0.39 is 0 Å². The summed E-state index contributed by atoms with van der Waals surface area (Å²) in [6.45, 7) is 2.83. The highest BCUT2D eigenvalue weighted by molar-refractivity contribution is 5.69. The van der Waals surface area contributed by atoms with Gasteiger partial charge in [0.05, 0.1) is 19.4 Å². The first-order valence-corrected chi connectivity index (χ1v) is 5.41. The Labute approximate surface area is 94.2 Å². The number of nitrogens with zero attached hydrogens (tertiary/aromatic N) is 3. The summed E-state index contributed by atoms with van der Waals surface area (Å²) in [6, 6.07) is 0.